The molecule has 0 saturated carbocycles. The third kappa shape index (κ3) is 8.04. The quantitative estimate of drug-likeness (QED) is 0.126. The van der Waals surface area contributed by atoms with Crippen LogP contribution in [0.4, 0.5) is 0 Å². The van der Waals surface area contributed by atoms with Crippen LogP contribution in [0.1, 0.15) is 24.8 Å². The molecule has 0 aliphatic heterocycles. The highest BCUT2D eigenvalue weighted by molar-refractivity contribution is 7.80. The molecule has 0 fully saturated rings. The fraction of sp³-hybridized carbons (Fsp3) is 0.455. The molecule has 3 unspecified atom stereocenters. The van der Waals surface area contributed by atoms with Gasteiger partial charge in [0.1, 0.15) is 12.1 Å². The summed E-state index contributed by atoms with van der Waals surface area (Å²) in [4.78, 5) is 51.5. The zero-order chi connectivity index (χ0) is 25.1. The summed E-state index contributed by atoms with van der Waals surface area (Å²) in [6.45, 7) is -0.00782. The van der Waals surface area contributed by atoms with Crippen molar-refractivity contribution in [2.24, 2.45) is 11.5 Å². The molecule has 3 amide bonds. The van der Waals surface area contributed by atoms with Crippen LogP contribution in [0, 0.1) is 0 Å². The lowest BCUT2D eigenvalue weighted by atomic mass is 10.0. The molecule has 9 N–H and O–H groups in total. The number of carboxylic acid groups (broad SMARTS) is 1. The smallest absolute Gasteiger partial charge is 0.327 e. The van der Waals surface area contributed by atoms with E-state index in [1.165, 1.54) is 0 Å². The van der Waals surface area contributed by atoms with E-state index in [-0.39, 0.29) is 12.2 Å². The minimum atomic E-state index is -1.23. The molecule has 186 valence electrons. The summed E-state index contributed by atoms with van der Waals surface area (Å²) in [6, 6.07) is 4.68. The van der Waals surface area contributed by atoms with Gasteiger partial charge < -0.3 is 37.5 Å². The van der Waals surface area contributed by atoms with E-state index in [0.29, 0.717) is 25.8 Å². The summed E-state index contributed by atoms with van der Waals surface area (Å²) < 4.78 is 0. The Morgan fingerprint density at radius 1 is 1.06 bits per heavy atom. The first kappa shape index (κ1) is 27.2. The average Bonchev–Trinajstić information content (AvgIpc) is 3.22. The molecule has 3 atom stereocenters. The number of amides is 3. The predicted octanol–water partition coefficient (Wildman–Crippen LogP) is -0.733. The topological polar surface area (TPSA) is 192 Å². The van der Waals surface area contributed by atoms with Crippen LogP contribution in [0.2, 0.25) is 0 Å². The Kier molecular flexibility index (Phi) is 10.8. The van der Waals surface area contributed by atoms with Crippen LogP contribution in [0.15, 0.2) is 30.5 Å². The summed E-state index contributed by atoms with van der Waals surface area (Å²) >= 11 is 3.87. The van der Waals surface area contributed by atoms with Gasteiger partial charge in [-0.2, -0.15) is 12.6 Å². The molecule has 2 rings (SSSR count). The van der Waals surface area contributed by atoms with Gasteiger partial charge in [0, 0.05) is 22.9 Å². The second-order valence-electron chi connectivity index (χ2n) is 7.87. The first-order valence-electron chi connectivity index (χ1n) is 11.0. The van der Waals surface area contributed by atoms with Gasteiger partial charge in [0.25, 0.3) is 0 Å². The Hall–Kier alpha value is -3.09. The zero-order valence-corrected chi connectivity index (χ0v) is 19.6. The first-order chi connectivity index (χ1) is 16.3. The molecule has 0 radical (unpaired) electrons. The van der Waals surface area contributed by atoms with Crippen LogP contribution in [0.25, 0.3) is 10.9 Å². The Morgan fingerprint density at radius 3 is 2.47 bits per heavy atom. The molecule has 1 aromatic carbocycles. The number of nitrogens with one attached hydrogen (secondary N) is 4. The van der Waals surface area contributed by atoms with Gasteiger partial charge in [-0.05, 0) is 43.9 Å². The second-order valence-corrected chi connectivity index (χ2v) is 8.24. The number of aromatic nitrogens is 1. The van der Waals surface area contributed by atoms with Gasteiger partial charge in [-0.3, -0.25) is 14.4 Å². The molecule has 1 aromatic heterocycles. The second kappa shape index (κ2) is 13.6. The zero-order valence-electron chi connectivity index (χ0n) is 18.8. The minimum absolute atomic E-state index is 0.0961. The fourth-order valence-electron chi connectivity index (χ4n) is 3.39. The summed E-state index contributed by atoms with van der Waals surface area (Å²) in [5.41, 5.74) is 13.5. The maximum absolute atomic E-state index is 12.7. The van der Waals surface area contributed by atoms with E-state index in [0.717, 1.165) is 16.5 Å². The van der Waals surface area contributed by atoms with Gasteiger partial charge in [-0.1, -0.05) is 18.2 Å². The van der Waals surface area contributed by atoms with Crippen LogP contribution in [-0.2, 0) is 25.6 Å². The maximum Gasteiger partial charge on any atom is 0.327 e. The van der Waals surface area contributed by atoms with E-state index in [1.807, 2.05) is 24.3 Å². The highest BCUT2D eigenvalue weighted by Crippen LogP contribution is 2.18. The number of nitrogens with two attached hydrogens (primary N) is 2. The molecule has 0 saturated heterocycles. The third-order valence-electron chi connectivity index (χ3n) is 5.27. The summed E-state index contributed by atoms with van der Waals surface area (Å²) in [7, 11) is 0. The van der Waals surface area contributed by atoms with E-state index >= 15 is 0 Å². The monoisotopic (exact) mass is 492 g/mol. The van der Waals surface area contributed by atoms with Crippen molar-refractivity contribution in [1.29, 1.82) is 0 Å². The third-order valence-corrected chi connectivity index (χ3v) is 5.64. The van der Waals surface area contributed by atoms with Crippen molar-refractivity contribution in [3.63, 3.8) is 0 Å². The van der Waals surface area contributed by atoms with Crippen LogP contribution in [0.3, 0.4) is 0 Å². The van der Waals surface area contributed by atoms with Crippen LogP contribution in [-0.4, -0.2) is 70.7 Å². The van der Waals surface area contributed by atoms with E-state index in [9.17, 15) is 19.2 Å². The van der Waals surface area contributed by atoms with Crippen molar-refractivity contribution in [3.05, 3.63) is 36.0 Å². The van der Waals surface area contributed by atoms with Crippen LogP contribution < -0.4 is 27.4 Å². The number of carboxylic acids is 1. The number of aromatic amines is 1. The van der Waals surface area contributed by atoms with E-state index in [1.54, 1.807) is 6.20 Å². The Balaban J connectivity index is 1.96. The van der Waals surface area contributed by atoms with Crippen LogP contribution in [0.5, 0.6) is 0 Å². The lowest BCUT2D eigenvalue weighted by Crippen LogP contribution is -2.54. The number of hydrogen-bond donors (Lipinski definition) is 8. The van der Waals surface area contributed by atoms with Gasteiger partial charge in [0.05, 0.1) is 12.6 Å². The fourth-order valence-corrected chi connectivity index (χ4v) is 3.64. The van der Waals surface area contributed by atoms with Crippen molar-refractivity contribution in [1.82, 2.24) is 20.9 Å². The first-order valence-corrected chi connectivity index (χ1v) is 11.6. The number of carbonyl (C=O) groups is 4. The molecule has 34 heavy (non-hydrogen) atoms. The van der Waals surface area contributed by atoms with Gasteiger partial charge in [0.15, 0.2) is 0 Å². The predicted molar refractivity (Wildman–Crippen MR) is 131 cm³/mol. The Bertz CT molecular complexity index is 997. The van der Waals surface area contributed by atoms with Gasteiger partial charge in [-0.25, -0.2) is 4.79 Å². The normalized spacial score (nSPS) is 13.6. The molecule has 0 aliphatic carbocycles. The van der Waals surface area contributed by atoms with Crippen LogP contribution >= 0.6 is 12.6 Å². The highest BCUT2D eigenvalue weighted by atomic mass is 32.1. The Morgan fingerprint density at radius 2 is 1.79 bits per heavy atom. The van der Waals surface area contributed by atoms with Crippen molar-refractivity contribution < 1.29 is 24.3 Å². The van der Waals surface area contributed by atoms with Crippen molar-refractivity contribution in [2.45, 2.75) is 43.8 Å². The van der Waals surface area contributed by atoms with Gasteiger partial charge in [0.2, 0.25) is 17.7 Å². The molecular weight excluding hydrogens is 460 g/mol. The number of hydrogen-bond acceptors (Lipinski definition) is 7. The largest absolute Gasteiger partial charge is 0.480 e. The maximum atomic E-state index is 12.7. The van der Waals surface area contributed by atoms with E-state index < -0.39 is 48.4 Å². The summed E-state index contributed by atoms with van der Waals surface area (Å²) in [5, 5.41) is 17.3. The number of H-pyrrole nitrogens is 1. The summed E-state index contributed by atoms with van der Waals surface area (Å²) in [5.74, 6) is -3.08. The number of fused-ring (bicyclic) bond motifs is 1. The average molecular weight is 493 g/mol. The van der Waals surface area contributed by atoms with Crippen molar-refractivity contribution in [2.75, 3.05) is 18.8 Å². The molecule has 1 heterocycles. The number of aliphatic carboxylic acids is 1. The number of carbonyl (C=O) groups excluding carboxylic acids is 3. The lowest BCUT2D eigenvalue weighted by Gasteiger charge is -2.21. The molecule has 0 bridgehead atoms. The molecule has 0 aliphatic rings. The standard InChI is InChI=1S/C22H32N6O5S/c23-8-4-3-7-17(21(31)26-11-19(29)27-18(12-34)22(32)33)28-20(30)15(24)9-13-10-25-16-6-2-1-5-14(13)16/h1-2,5-6,10,15,17-18,25,34H,3-4,7-9,11-12,23-24H2,(H,26,31)(H,27,29)(H,28,30)(H,32,33). The van der Waals surface area contributed by atoms with Crippen molar-refractivity contribution in [3.8, 4) is 0 Å². The van der Waals surface area contributed by atoms with Gasteiger partial charge in [-0.15, -0.1) is 0 Å². The Labute approximate surface area is 202 Å². The number of unbranched alkanes of at least 4 members (excludes halogenated alkanes) is 1. The van der Waals surface area contributed by atoms with Gasteiger partial charge >= 0.3 is 5.97 Å². The summed E-state index contributed by atoms with van der Waals surface area (Å²) in [6.07, 6.45) is 3.63. The molecule has 2 aromatic rings. The minimum Gasteiger partial charge on any atom is -0.480 e. The lowest BCUT2D eigenvalue weighted by molar-refractivity contribution is -0.141. The molecule has 11 nitrogen and oxygen atoms in total. The molecular formula is C22H32N6O5S. The van der Waals surface area contributed by atoms with E-state index in [4.69, 9.17) is 16.6 Å². The number of thiol groups is 1. The highest BCUT2D eigenvalue weighted by Gasteiger charge is 2.25. The van der Waals surface area contributed by atoms with Crippen molar-refractivity contribution >= 4 is 47.2 Å². The number of benzene rings is 1. The SMILES string of the molecule is NCCCCC(NC(=O)C(N)Cc1c[nH]c2ccccc12)C(=O)NCC(=O)NC(CS)C(=O)O. The molecule has 0 spiro atoms. The number of para-hydroxylation sites is 1. The molecule has 12 heteroatoms. The number of rotatable bonds is 14. The van der Waals surface area contributed by atoms with E-state index in [2.05, 4.69) is 33.6 Å².